The summed E-state index contributed by atoms with van der Waals surface area (Å²) in [5, 5.41) is 35.8. The standard InChI is InChI=1S/C6H11FO5.FH/c7-1-2-3(8)4(9)5(10)6(11)12-2;/h2-6,8-11H,1H2;1H/t2-,3-,4+,5-,6+;/m1./s1. The molecule has 1 fully saturated rings. The van der Waals surface area contributed by atoms with Crippen LogP contribution in [0.4, 0.5) is 9.09 Å². The minimum atomic E-state index is -1.65. The lowest BCUT2D eigenvalue weighted by molar-refractivity contribution is -0.283. The Hall–Kier alpha value is -0.340. The van der Waals surface area contributed by atoms with Crippen LogP contribution in [-0.4, -0.2) is 57.8 Å². The van der Waals surface area contributed by atoms with Crippen molar-refractivity contribution in [3.8, 4) is 0 Å². The second-order valence-corrected chi connectivity index (χ2v) is 2.69. The van der Waals surface area contributed by atoms with Crippen LogP contribution in [-0.2, 0) is 4.74 Å². The fourth-order valence-electron chi connectivity index (χ4n) is 1.06. The van der Waals surface area contributed by atoms with Crippen molar-refractivity contribution in [2.45, 2.75) is 30.7 Å². The van der Waals surface area contributed by atoms with E-state index in [1.807, 2.05) is 0 Å². The summed E-state index contributed by atoms with van der Waals surface area (Å²) in [6.07, 6.45) is -7.60. The van der Waals surface area contributed by atoms with Gasteiger partial charge >= 0.3 is 0 Å². The predicted octanol–water partition coefficient (Wildman–Crippen LogP) is -2.09. The molecule has 7 heteroatoms. The largest absolute Gasteiger partial charge is 0.387 e. The van der Waals surface area contributed by atoms with E-state index in [9.17, 15) is 4.39 Å². The van der Waals surface area contributed by atoms with Crippen LogP contribution in [0.5, 0.6) is 0 Å². The van der Waals surface area contributed by atoms with Gasteiger partial charge in [0.15, 0.2) is 6.29 Å². The van der Waals surface area contributed by atoms with Gasteiger partial charge in [-0.05, 0) is 0 Å². The molecule has 0 bridgehead atoms. The maximum atomic E-state index is 12.0. The third kappa shape index (κ3) is 2.32. The molecular weight excluding hydrogens is 190 g/mol. The van der Waals surface area contributed by atoms with Crippen molar-refractivity contribution in [1.29, 1.82) is 0 Å². The zero-order valence-corrected chi connectivity index (χ0v) is 6.58. The van der Waals surface area contributed by atoms with Gasteiger partial charge in [-0.1, -0.05) is 0 Å². The van der Waals surface area contributed by atoms with Gasteiger partial charge in [0.25, 0.3) is 0 Å². The van der Waals surface area contributed by atoms with Crippen LogP contribution < -0.4 is 0 Å². The highest BCUT2D eigenvalue weighted by Gasteiger charge is 2.42. The molecule has 13 heavy (non-hydrogen) atoms. The number of aliphatic hydroxyl groups excluding tert-OH is 4. The molecule has 4 N–H and O–H groups in total. The van der Waals surface area contributed by atoms with Gasteiger partial charge in [0.05, 0.1) is 0 Å². The zero-order valence-electron chi connectivity index (χ0n) is 6.58. The molecule has 1 aliphatic heterocycles. The van der Waals surface area contributed by atoms with E-state index in [0.29, 0.717) is 0 Å². The highest BCUT2D eigenvalue weighted by Crippen LogP contribution is 2.19. The molecule has 0 spiro atoms. The Kier molecular flexibility index (Phi) is 4.65. The summed E-state index contributed by atoms with van der Waals surface area (Å²) < 4.78 is 16.5. The maximum absolute atomic E-state index is 12.0. The van der Waals surface area contributed by atoms with Crippen molar-refractivity contribution in [3.63, 3.8) is 0 Å². The lowest BCUT2D eigenvalue weighted by Gasteiger charge is -2.37. The molecule has 80 valence electrons. The average Bonchev–Trinajstić information content (AvgIpc) is 2.08. The Bertz CT molecular complexity index is 153. The van der Waals surface area contributed by atoms with Crippen molar-refractivity contribution in [3.05, 3.63) is 0 Å². The lowest BCUT2D eigenvalue weighted by Crippen LogP contribution is -2.58. The minimum absolute atomic E-state index is 0. The zero-order chi connectivity index (χ0) is 9.30. The summed E-state index contributed by atoms with van der Waals surface area (Å²) in [5.74, 6) is 0. The monoisotopic (exact) mass is 202 g/mol. The van der Waals surface area contributed by atoms with Gasteiger partial charge in [0.2, 0.25) is 0 Å². The topological polar surface area (TPSA) is 90.2 Å². The molecule has 0 unspecified atom stereocenters. The third-order valence-corrected chi connectivity index (χ3v) is 1.84. The van der Waals surface area contributed by atoms with E-state index in [2.05, 4.69) is 4.74 Å². The molecule has 0 aromatic carbocycles. The van der Waals surface area contributed by atoms with Gasteiger partial charge in [-0.3, -0.25) is 4.70 Å². The SMILES string of the molecule is F.O[C@@H]1[C@@H](O)[C@@H](O)O[C@H](CF)[C@H]1O. The Labute approximate surface area is 72.7 Å². The fourth-order valence-corrected chi connectivity index (χ4v) is 1.06. The number of alkyl halides is 1. The van der Waals surface area contributed by atoms with Gasteiger partial charge in [-0.2, -0.15) is 0 Å². The minimum Gasteiger partial charge on any atom is -0.387 e. The van der Waals surface area contributed by atoms with Gasteiger partial charge in [-0.25, -0.2) is 4.39 Å². The van der Waals surface area contributed by atoms with Crippen molar-refractivity contribution >= 4 is 0 Å². The highest BCUT2D eigenvalue weighted by molar-refractivity contribution is 4.88. The van der Waals surface area contributed by atoms with E-state index in [4.69, 9.17) is 20.4 Å². The van der Waals surface area contributed by atoms with Crippen molar-refractivity contribution in [2.24, 2.45) is 0 Å². The molecule has 0 aromatic rings. The summed E-state index contributed by atoms with van der Waals surface area (Å²) in [6.45, 7) is -1.03. The van der Waals surface area contributed by atoms with E-state index >= 15 is 0 Å². The first-order valence-corrected chi connectivity index (χ1v) is 3.51. The van der Waals surface area contributed by atoms with Gasteiger partial charge in [-0.15, -0.1) is 0 Å². The molecule has 5 nitrogen and oxygen atoms in total. The number of ether oxygens (including phenoxy) is 1. The number of halogens is 2. The molecule has 1 rings (SSSR count). The Morgan fingerprint density at radius 1 is 1.00 bits per heavy atom. The van der Waals surface area contributed by atoms with E-state index in [0.717, 1.165) is 0 Å². The van der Waals surface area contributed by atoms with E-state index < -0.39 is 37.4 Å². The smallest absolute Gasteiger partial charge is 0.184 e. The van der Waals surface area contributed by atoms with Crippen molar-refractivity contribution in [1.82, 2.24) is 0 Å². The van der Waals surface area contributed by atoms with Crippen LogP contribution in [0.3, 0.4) is 0 Å². The van der Waals surface area contributed by atoms with Gasteiger partial charge < -0.3 is 25.2 Å². The second kappa shape index (κ2) is 4.77. The average molecular weight is 202 g/mol. The summed E-state index contributed by atoms with van der Waals surface area (Å²) in [6, 6.07) is 0. The molecular formula is C6H12F2O5. The predicted molar refractivity (Wildman–Crippen MR) is 37.4 cm³/mol. The summed E-state index contributed by atoms with van der Waals surface area (Å²) in [4.78, 5) is 0. The highest BCUT2D eigenvalue weighted by atomic mass is 19.1. The molecule has 1 aliphatic rings. The molecule has 0 aliphatic carbocycles. The molecule has 1 heterocycles. The summed E-state index contributed by atoms with van der Waals surface area (Å²) in [5.41, 5.74) is 0. The lowest BCUT2D eigenvalue weighted by atomic mass is 10.00. The third-order valence-electron chi connectivity index (χ3n) is 1.84. The Morgan fingerprint density at radius 3 is 2.00 bits per heavy atom. The molecule has 0 amide bonds. The van der Waals surface area contributed by atoms with E-state index in [-0.39, 0.29) is 4.70 Å². The molecule has 5 atom stereocenters. The normalized spacial score (nSPS) is 45.5. The number of aliphatic hydroxyl groups is 4. The summed E-state index contributed by atoms with van der Waals surface area (Å²) >= 11 is 0. The molecule has 0 saturated carbocycles. The first-order chi connectivity index (χ1) is 5.57. The maximum Gasteiger partial charge on any atom is 0.184 e. The van der Waals surface area contributed by atoms with Gasteiger partial charge in [0, 0.05) is 0 Å². The van der Waals surface area contributed by atoms with Crippen LogP contribution in [0.2, 0.25) is 0 Å². The number of rotatable bonds is 1. The van der Waals surface area contributed by atoms with E-state index in [1.165, 1.54) is 0 Å². The van der Waals surface area contributed by atoms with Crippen LogP contribution in [0.25, 0.3) is 0 Å². The van der Waals surface area contributed by atoms with Crippen molar-refractivity contribution in [2.75, 3.05) is 6.67 Å². The quantitative estimate of drug-likeness (QED) is 0.391. The number of hydrogen-bond acceptors (Lipinski definition) is 5. The first-order valence-electron chi connectivity index (χ1n) is 3.51. The molecule has 0 radical (unpaired) electrons. The van der Waals surface area contributed by atoms with Crippen LogP contribution in [0, 0.1) is 0 Å². The van der Waals surface area contributed by atoms with Crippen molar-refractivity contribution < 1.29 is 34.3 Å². The van der Waals surface area contributed by atoms with E-state index in [1.54, 1.807) is 0 Å². The summed E-state index contributed by atoms with van der Waals surface area (Å²) in [7, 11) is 0. The fraction of sp³-hybridized carbons (Fsp3) is 1.00. The van der Waals surface area contributed by atoms with Crippen LogP contribution >= 0.6 is 0 Å². The second-order valence-electron chi connectivity index (χ2n) is 2.69. The Morgan fingerprint density at radius 2 is 1.54 bits per heavy atom. The van der Waals surface area contributed by atoms with Gasteiger partial charge in [0.1, 0.15) is 31.1 Å². The molecule has 1 saturated heterocycles. The van der Waals surface area contributed by atoms with Crippen LogP contribution in [0.1, 0.15) is 0 Å². The molecule has 0 aromatic heterocycles. The van der Waals surface area contributed by atoms with Crippen LogP contribution in [0.15, 0.2) is 0 Å². The first kappa shape index (κ1) is 12.7. The number of hydrogen-bond donors (Lipinski definition) is 4. The Balaban J connectivity index is 0.00000144.